The Morgan fingerprint density at radius 1 is 0.447 bits per heavy atom. The number of benzene rings is 4. The average molecular weight is 635 g/mol. The van der Waals surface area contributed by atoms with Gasteiger partial charge in [0.2, 0.25) is 11.5 Å². The van der Waals surface area contributed by atoms with Crippen LogP contribution in [0.3, 0.4) is 0 Å². The van der Waals surface area contributed by atoms with E-state index < -0.39 is 0 Å². The van der Waals surface area contributed by atoms with E-state index in [1.54, 1.807) is 42.7 Å². The van der Waals surface area contributed by atoms with Crippen molar-refractivity contribution in [3.05, 3.63) is 94.0 Å². The molecule has 1 aliphatic carbocycles. The van der Waals surface area contributed by atoms with Crippen LogP contribution in [0.5, 0.6) is 34.5 Å². The van der Waals surface area contributed by atoms with E-state index in [1.165, 1.54) is 22.3 Å². The third-order valence-electron chi connectivity index (χ3n) is 9.07. The minimum atomic E-state index is -0.0546. The van der Waals surface area contributed by atoms with Crippen molar-refractivity contribution in [1.29, 1.82) is 0 Å². The largest absolute Gasteiger partial charge is 0.493 e. The van der Waals surface area contributed by atoms with Gasteiger partial charge in [-0.2, -0.15) is 0 Å². The second kappa shape index (κ2) is 14.7. The van der Waals surface area contributed by atoms with Crippen LogP contribution < -0.4 is 28.4 Å². The molecule has 0 radical (unpaired) electrons. The molecule has 4 aromatic rings. The molecular weight excluding hydrogens is 588 g/mol. The van der Waals surface area contributed by atoms with Crippen molar-refractivity contribution in [2.45, 2.75) is 44.9 Å². The standard InChI is InChI=1S/C41H46O6/c1-9-19-41(20-10-2)33-21-27(11-13-29-23-35(42-3)39(46-7)36(24-29)43-4)15-17-31(33)32-18-16-28(22-34(32)41)12-14-30-25-37(44-5)40(47-8)38(26-30)45-6/h11-18,21-26H,9-10,19-20H2,1-8H3. The predicted octanol–water partition coefficient (Wildman–Crippen LogP) is 9.95. The number of hydrogen-bond acceptors (Lipinski definition) is 6. The molecular formula is C41H46O6. The van der Waals surface area contributed by atoms with Gasteiger partial charge in [0.05, 0.1) is 42.7 Å². The minimum absolute atomic E-state index is 0.0546. The molecule has 0 saturated carbocycles. The molecule has 6 nitrogen and oxygen atoms in total. The van der Waals surface area contributed by atoms with Crippen LogP contribution in [0.25, 0.3) is 35.4 Å². The average Bonchev–Trinajstić information content (AvgIpc) is 3.36. The van der Waals surface area contributed by atoms with E-state index in [4.69, 9.17) is 28.4 Å². The van der Waals surface area contributed by atoms with Gasteiger partial charge < -0.3 is 28.4 Å². The van der Waals surface area contributed by atoms with Gasteiger partial charge in [-0.1, -0.05) is 87.4 Å². The minimum Gasteiger partial charge on any atom is -0.493 e. The van der Waals surface area contributed by atoms with Gasteiger partial charge in [-0.25, -0.2) is 0 Å². The van der Waals surface area contributed by atoms with E-state index in [9.17, 15) is 0 Å². The maximum Gasteiger partial charge on any atom is 0.203 e. The molecule has 0 aliphatic heterocycles. The molecule has 246 valence electrons. The van der Waals surface area contributed by atoms with Gasteiger partial charge >= 0.3 is 0 Å². The number of methoxy groups -OCH3 is 6. The molecule has 1 aliphatic rings. The van der Waals surface area contributed by atoms with Gasteiger partial charge in [-0.3, -0.25) is 0 Å². The van der Waals surface area contributed by atoms with Gasteiger partial charge in [-0.15, -0.1) is 0 Å². The van der Waals surface area contributed by atoms with Crippen molar-refractivity contribution in [3.63, 3.8) is 0 Å². The molecule has 0 atom stereocenters. The molecule has 0 saturated heterocycles. The number of hydrogen-bond donors (Lipinski definition) is 0. The first-order valence-electron chi connectivity index (χ1n) is 16.2. The number of rotatable bonds is 14. The summed E-state index contributed by atoms with van der Waals surface area (Å²) in [6, 6.07) is 21.6. The molecule has 4 aromatic carbocycles. The lowest BCUT2D eigenvalue weighted by Gasteiger charge is -2.32. The molecule has 0 unspecified atom stereocenters. The lowest BCUT2D eigenvalue weighted by Crippen LogP contribution is -2.25. The first kappa shape index (κ1) is 33.5. The van der Waals surface area contributed by atoms with Gasteiger partial charge in [-0.05, 0) is 81.6 Å². The summed E-state index contributed by atoms with van der Waals surface area (Å²) in [6.45, 7) is 4.58. The van der Waals surface area contributed by atoms with Gasteiger partial charge in [0.25, 0.3) is 0 Å². The van der Waals surface area contributed by atoms with Crippen molar-refractivity contribution in [2.75, 3.05) is 42.7 Å². The molecule has 0 aromatic heterocycles. The summed E-state index contributed by atoms with van der Waals surface area (Å²) in [6.07, 6.45) is 12.9. The van der Waals surface area contributed by atoms with Crippen LogP contribution in [0.15, 0.2) is 60.7 Å². The SMILES string of the molecule is CCCC1(CCC)c2cc(C=Cc3cc(OC)c(OC)c(OC)c3)ccc2-c2ccc(C=Cc3cc(OC)c(OC)c(OC)c3)cc21. The van der Waals surface area contributed by atoms with Crippen molar-refractivity contribution in [1.82, 2.24) is 0 Å². The summed E-state index contributed by atoms with van der Waals surface area (Å²) in [7, 11) is 9.78. The molecule has 5 rings (SSSR count). The molecule has 0 fully saturated rings. The second-order valence-corrected chi connectivity index (χ2v) is 11.8. The zero-order valence-corrected chi connectivity index (χ0v) is 28.9. The van der Waals surface area contributed by atoms with Crippen molar-refractivity contribution < 1.29 is 28.4 Å². The van der Waals surface area contributed by atoms with E-state index in [2.05, 4.69) is 74.5 Å². The molecule has 0 heterocycles. The summed E-state index contributed by atoms with van der Waals surface area (Å²) in [4.78, 5) is 0. The van der Waals surface area contributed by atoms with Crippen LogP contribution in [0, 0.1) is 0 Å². The number of fused-ring (bicyclic) bond motifs is 3. The first-order valence-corrected chi connectivity index (χ1v) is 16.2. The maximum atomic E-state index is 5.57. The van der Waals surface area contributed by atoms with Gasteiger partial charge in [0.1, 0.15) is 0 Å². The normalized spacial score (nSPS) is 13.0. The molecule has 0 spiro atoms. The topological polar surface area (TPSA) is 55.4 Å². The van der Waals surface area contributed by atoms with E-state index in [0.717, 1.165) is 47.9 Å². The highest BCUT2D eigenvalue weighted by Gasteiger charge is 2.41. The molecule has 0 amide bonds. The van der Waals surface area contributed by atoms with Crippen molar-refractivity contribution >= 4 is 24.3 Å². The van der Waals surface area contributed by atoms with E-state index in [1.807, 2.05) is 24.3 Å². The third-order valence-corrected chi connectivity index (χ3v) is 9.07. The van der Waals surface area contributed by atoms with Gasteiger partial charge in [0, 0.05) is 5.41 Å². The summed E-state index contributed by atoms with van der Waals surface area (Å²) in [5.41, 5.74) is 9.68. The smallest absolute Gasteiger partial charge is 0.203 e. The third kappa shape index (κ3) is 6.42. The summed E-state index contributed by atoms with van der Waals surface area (Å²) in [5, 5.41) is 0. The Kier molecular flexibility index (Phi) is 10.5. The highest BCUT2D eigenvalue weighted by atomic mass is 16.5. The van der Waals surface area contributed by atoms with Crippen LogP contribution in [-0.2, 0) is 5.41 Å². The second-order valence-electron chi connectivity index (χ2n) is 11.8. The Morgan fingerprint density at radius 2 is 0.787 bits per heavy atom. The summed E-state index contributed by atoms with van der Waals surface area (Å²) < 4.78 is 33.3. The fourth-order valence-electron chi connectivity index (χ4n) is 7.04. The molecule has 47 heavy (non-hydrogen) atoms. The number of ether oxygens (including phenoxy) is 6. The Hall–Kier alpha value is -4.84. The van der Waals surface area contributed by atoms with Crippen LogP contribution in [0.1, 0.15) is 72.9 Å². The molecule has 0 bridgehead atoms. The summed E-state index contributed by atoms with van der Waals surface area (Å²) >= 11 is 0. The van der Waals surface area contributed by atoms with Crippen molar-refractivity contribution in [2.24, 2.45) is 0 Å². The maximum absolute atomic E-state index is 5.57. The summed E-state index contributed by atoms with van der Waals surface area (Å²) in [5.74, 6) is 3.71. The van der Waals surface area contributed by atoms with Crippen LogP contribution >= 0.6 is 0 Å². The Bertz CT molecular complexity index is 1600. The molecule has 0 N–H and O–H groups in total. The lowest BCUT2D eigenvalue weighted by molar-refractivity contribution is 0.324. The Balaban J connectivity index is 1.53. The lowest BCUT2D eigenvalue weighted by atomic mass is 9.71. The first-order chi connectivity index (χ1) is 22.9. The fourth-order valence-corrected chi connectivity index (χ4v) is 7.04. The zero-order valence-electron chi connectivity index (χ0n) is 28.9. The van der Waals surface area contributed by atoms with E-state index in [-0.39, 0.29) is 5.41 Å². The van der Waals surface area contributed by atoms with Crippen LogP contribution in [-0.4, -0.2) is 42.7 Å². The Morgan fingerprint density at radius 3 is 1.09 bits per heavy atom. The van der Waals surface area contributed by atoms with Crippen LogP contribution in [0.4, 0.5) is 0 Å². The fraction of sp³-hybridized carbons (Fsp3) is 0.317. The van der Waals surface area contributed by atoms with Crippen LogP contribution in [0.2, 0.25) is 0 Å². The Labute approximate surface area is 279 Å². The molecule has 6 heteroatoms. The van der Waals surface area contributed by atoms with Gasteiger partial charge in [0.15, 0.2) is 23.0 Å². The van der Waals surface area contributed by atoms with Crippen molar-refractivity contribution in [3.8, 4) is 45.6 Å². The van der Waals surface area contributed by atoms with E-state index in [0.29, 0.717) is 34.5 Å². The quantitative estimate of drug-likeness (QED) is 0.129. The predicted molar refractivity (Wildman–Crippen MR) is 193 cm³/mol. The van der Waals surface area contributed by atoms with E-state index >= 15 is 0 Å². The highest BCUT2D eigenvalue weighted by molar-refractivity contribution is 5.85. The monoisotopic (exact) mass is 634 g/mol. The zero-order chi connectivity index (χ0) is 33.6. The highest BCUT2D eigenvalue weighted by Crippen LogP contribution is 2.54.